The molecule has 0 fully saturated rings. The van der Waals surface area contributed by atoms with Crippen LogP contribution in [0.3, 0.4) is 0 Å². The van der Waals surface area contributed by atoms with Gasteiger partial charge in [-0.3, -0.25) is 4.79 Å². The van der Waals surface area contributed by atoms with Gasteiger partial charge >= 0.3 is 0 Å². The highest BCUT2D eigenvalue weighted by molar-refractivity contribution is 5.77. The van der Waals surface area contributed by atoms with Crippen LogP contribution in [0.2, 0.25) is 0 Å². The van der Waals surface area contributed by atoms with E-state index >= 15 is 0 Å². The molecule has 0 saturated heterocycles. The quantitative estimate of drug-likeness (QED) is 0.742. The fourth-order valence-electron chi connectivity index (χ4n) is 1.82. The van der Waals surface area contributed by atoms with Crippen LogP contribution in [-0.4, -0.2) is 40.3 Å². The molecule has 0 aliphatic carbocycles. The van der Waals surface area contributed by atoms with Crippen molar-refractivity contribution in [2.45, 2.75) is 13.5 Å². The van der Waals surface area contributed by atoms with Gasteiger partial charge in [-0.1, -0.05) is 0 Å². The van der Waals surface area contributed by atoms with Gasteiger partial charge in [0.05, 0.1) is 27.9 Å². The standard InChI is InChI=1S/C14H22N2O4/c1-5-16-13(17)9-15-8-10-6-11(18-2)14(20-4)12(7-10)19-3/h6-7,15H,5,8-9H2,1-4H3,(H,16,17). The minimum atomic E-state index is -0.0278. The summed E-state index contributed by atoms with van der Waals surface area (Å²) in [5.41, 5.74) is 0.948. The summed E-state index contributed by atoms with van der Waals surface area (Å²) >= 11 is 0. The minimum Gasteiger partial charge on any atom is -0.493 e. The first-order valence-corrected chi connectivity index (χ1v) is 6.42. The molecule has 0 saturated carbocycles. The molecule has 0 atom stereocenters. The molecule has 112 valence electrons. The van der Waals surface area contributed by atoms with Crippen LogP contribution in [0.5, 0.6) is 17.2 Å². The first-order valence-electron chi connectivity index (χ1n) is 6.42. The van der Waals surface area contributed by atoms with E-state index in [2.05, 4.69) is 10.6 Å². The lowest BCUT2D eigenvalue weighted by Crippen LogP contribution is -2.33. The number of amides is 1. The van der Waals surface area contributed by atoms with Crippen molar-refractivity contribution >= 4 is 5.91 Å². The average molecular weight is 282 g/mol. The Kier molecular flexibility index (Phi) is 6.66. The van der Waals surface area contributed by atoms with Gasteiger partial charge in [0, 0.05) is 13.1 Å². The summed E-state index contributed by atoms with van der Waals surface area (Å²) in [5, 5.41) is 5.79. The summed E-state index contributed by atoms with van der Waals surface area (Å²) in [6.07, 6.45) is 0. The number of carbonyl (C=O) groups excluding carboxylic acids is 1. The van der Waals surface area contributed by atoms with Crippen molar-refractivity contribution in [2.75, 3.05) is 34.4 Å². The lowest BCUT2D eigenvalue weighted by molar-refractivity contribution is -0.120. The van der Waals surface area contributed by atoms with Crippen molar-refractivity contribution in [1.29, 1.82) is 0 Å². The maximum atomic E-state index is 11.3. The van der Waals surface area contributed by atoms with Crippen LogP contribution in [0.25, 0.3) is 0 Å². The van der Waals surface area contributed by atoms with Crippen molar-refractivity contribution < 1.29 is 19.0 Å². The second-order valence-electron chi connectivity index (χ2n) is 4.09. The second kappa shape index (κ2) is 8.27. The Bertz CT molecular complexity index is 424. The van der Waals surface area contributed by atoms with Crippen LogP contribution < -0.4 is 24.8 Å². The molecule has 1 aromatic rings. The van der Waals surface area contributed by atoms with Crippen LogP contribution in [0.1, 0.15) is 12.5 Å². The third kappa shape index (κ3) is 4.31. The van der Waals surface area contributed by atoms with Crippen molar-refractivity contribution in [3.05, 3.63) is 17.7 Å². The van der Waals surface area contributed by atoms with Crippen molar-refractivity contribution in [3.8, 4) is 17.2 Å². The van der Waals surface area contributed by atoms with Gasteiger partial charge in [-0.15, -0.1) is 0 Å². The normalized spacial score (nSPS) is 10.0. The number of hydrogen-bond donors (Lipinski definition) is 2. The third-order valence-electron chi connectivity index (χ3n) is 2.71. The molecule has 6 nitrogen and oxygen atoms in total. The zero-order chi connectivity index (χ0) is 15.0. The van der Waals surface area contributed by atoms with E-state index < -0.39 is 0 Å². The molecule has 2 N–H and O–H groups in total. The Balaban J connectivity index is 2.73. The predicted molar refractivity (Wildman–Crippen MR) is 76.5 cm³/mol. The molecule has 0 aromatic heterocycles. The van der Waals surface area contributed by atoms with Crippen LogP contribution in [0.15, 0.2) is 12.1 Å². The number of rotatable bonds is 8. The van der Waals surface area contributed by atoms with Gasteiger partial charge in [0.25, 0.3) is 0 Å². The molecular formula is C14H22N2O4. The molecule has 1 aromatic carbocycles. The average Bonchev–Trinajstić information content (AvgIpc) is 2.46. The number of ether oxygens (including phenoxy) is 3. The van der Waals surface area contributed by atoms with E-state index in [-0.39, 0.29) is 12.5 Å². The summed E-state index contributed by atoms with van der Waals surface area (Å²) in [6.45, 7) is 3.32. The van der Waals surface area contributed by atoms with E-state index in [4.69, 9.17) is 14.2 Å². The summed E-state index contributed by atoms with van der Waals surface area (Å²) < 4.78 is 15.8. The lowest BCUT2D eigenvalue weighted by Gasteiger charge is -2.14. The monoisotopic (exact) mass is 282 g/mol. The van der Waals surface area contributed by atoms with Gasteiger partial charge in [0.15, 0.2) is 11.5 Å². The highest BCUT2D eigenvalue weighted by Gasteiger charge is 2.13. The number of carbonyl (C=O) groups is 1. The van der Waals surface area contributed by atoms with E-state index in [1.165, 1.54) is 0 Å². The Morgan fingerprint density at radius 3 is 2.15 bits per heavy atom. The lowest BCUT2D eigenvalue weighted by atomic mass is 10.1. The Hall–Kier alpha value is -1.95. The second-order valence-corrected chi connectivity index (χ2v) is 4.09. The van der Waals surface area contributed by atoms with Crippen LogP contribution >= 0.6 is 0 Å². The number of nitrogens with one attached hydrogen (secondary N) is 2. The molecule has 1 rings (SSSR count). The molecule has 20 heavy (non-hydrogen) atoms. The van der Waals surface area contributed by atoms with Gasteiger partial charge in [-0.2, -0.15) is 0 Å². The van der Waals surface area contributed by atoms with Crippen LogP contribution in [0, 0.1) is 0 Å². The highest BCUT2D eigenvalue weighted by Crippen LogP contribution is 2.38. The molecule has 6 heteroatoms. The van der Waals surface area contributed by atoms with Crippen LogP contribution in [0.4, 0.5) is 0 Å². The maximum absolute atomic E-state index is 11.3. The molecular weight excluding hydrogens is 260 g/mol. The highest BCUT2D eigenvalue weighted by atomic mass is 16.5. The van der Waals surface area contributed by atoms with Crippen molar-refractivity contribution in [2.24, 2.45) is 0 Å². The van der Waals surface area contributed by atoms with Gasteiger partial charge in [0.1, 0.15) is 0 Å². The van der Waals surface area contributed by atoms with Gasteiger partial charge in [0.2, 0.25) is 11.7 Å². The zero-order valence-corrected chi connectivity index (χ0v) is 12.4. The molecule has 1 amide bonds. The summed E-state index contributed by atoms with van der Waals surface area (Å²) in [5.74, 6) is 1.73. The SMILES string of the molecule is CCNC(=O)CNCc1cc(OC)c(OC)c(OC)c1. The fraction of sp³-hybridized carbons (Fsp3) is 0.500. The summed E-state index contributed by atoms with van der Waals surface area (Å²) in [6, 6.07) is 3.71. The fourth-order valence-corrected chi connectivity index (χ4v) is 1.82. The molecule has 0 radical (unpaired) electrons. The topological polar surface area (TPSA) is 68.8 Å². The van der Waals surface area contributed by atoms with Gasteiger partial charge in [-0.05, 0) is 24.6 Å². The van der Waals surface area contributed by atoms with Gasteiger partial charge in [-0.25, -0.2) is 0 Å². The molecule has 0 aliphatic heterocycles. The van der Waals surface area contributed by atoms with E-state index in [1.54, 1.807) is 21.3 Å². The van der Waals surface area contributed by atoms with Gasteiger partial charge < -0.3 is 24.8 Å². The van der Waals surface area contributed by atoms with E-state index in [9.17, 15) is 4.79 Å². The maximum Gasteiger partial charge on any atom is 0.233 e. The number of benzene rings is 1. The number of likely N-dealkylation sites (N-methyl/N-ethyl adjacent to an activating group) is 1. The number of hydrogen-bond acceptors (Lipinski definition) is 5. The predicted octanol–water partition coefficient (Wildman–Crippen LogP) is 0.938. The largest absolute Gasteiger partial charge is 0.493 e. The summed E-state index contributed by atoms with van der Waals surface area (Å²) in [7, 11) is 4.71. The third-order valence-corrected chi connectivity index (χ3v) is 2.71. The molecule has 0 spiro atoms. The Labute approximate surface area is 119 Å². The molecule has 0 heterocycles. The smallest absolute Gasteiger partial charge is 0.233 e. The number of methoxy groups -OCH3 is 3. The molecule has 0 aliphatic rings. The van der Waals surface area contributed by atoms with E-state index in [0.29, 0.717) is 30.3 Å². The van der Waals surface area contributed by atoms with Crippen molar-refractivity contribution in [1.82, 2.24) is 10.6 Å². The van der Waals surface area contributed by atoms with Crippen LogP contribution in [-0.2, 0) is 11.3 Å². The first-order chi connectivity index (χ1) is 9.65. The van der Waals surface area contributed by atoms with Crippen molar-refractivity contribution in [3.63, 3.8) is 0 Å². The molecule has 0 unspecified atom stereocenters. The minimum absolute atomic E-state index is 0.0278. The Morgan fingerprint density at radius 1 is 1.10 bits per heavy atom. The first kappa shape index (κ1) is 16.1. The Morgan fingerprint density at radius 2 is 1.70 bits per heavy atom. The van der Waals surface area contributed by atoms with E-state index in [1.807, 2.05) is 19.1 Å². The van der Waals surface area contributed by atoms with E-state index in [0.717, 1.165) is 5.56 Å². The molecule has 0 bridgehead atoms. The summed E-state index contributed by atoms with van der Waals surface area (Å²) in [4.78, 5) is 11.3. The zero-order valence-electron chi connectivity index (χ0n) is 12.4.